The van der Waals surface area contributed by atoms with E-state index in [1.807, 2.05) is 0 Å². The third kappa shape index (κ3) is 45.4. The maximum Gasteiger partial charge on any atom is 2.00 e. The Morgan fingerprint density at radius 1 is 0.692 bits per heavy atom. The van der Waals surface area contributed by atoms with E-state index in [2.05, 4.69) is 51.8 Å². The molecule has 3 heteroatoms. The standard InChI is InChI=1S/C6H16N2.2C2H5.Zn/c1-7(2)5-6-8(3)4;2*1-2;/h5-6H2,1-4H3;2*1H2,2H3;/q;2*-1;+2. The zero-order chi connectivity index (χ0) is 10.6. The average molecular weight is 240 g/mol. The van der Waals surface area contributed by atoms with Crippen LogP contribution in [0, 0.1) is 13.8 Å². The van der Waals surface area contributed by atoms with E-state index in [0.29, 0.717) is 0 Å². The van der Waals surface area contributed by atoms with Crippen LogP contribution >= 0.6 is 0 Å². The van der Waals surface area contributed by atoms with Crippen LogP contribution in [0.1, 0.15) is 13.8 Å². The summed E-state index contributed by atoms with van der Waals surface area (Å²) in [6.07, 6.45) is 0. The first-order valence-corrected chi connectivity index (χ1v) is 4.34. The Morgan fingerprint density at radius 2 is 0.846 bits per heavy atom. The van der Waals surface area contributed by atoms with Crippen molar-refractivity contribution in [3.05, 3.63) is 13.8 Å². The largest absolute Gasteiger partial charge is 2.00 e. The van der Waals surface area contributed by atoms with Gasteiger partial charge >= 0.3 is 19.5 Å². The Bertz CT molecular complexity index is 48.9. The summed E-state index contributed by atoms with van der Waals surface area (Å²) in [5.74, 6) is 0. The minimum absolute atomic E-state index is 0. The molecule has 0 aromatic heterocycles. The molecule has 0 aliphatic carbocycles. The second kappa shape index (κ2) is 22.9. The van der Waals surface area contributed by atoms with E-state index in [9.17, 15) is 0 Å². The number of hydrogen-bond donors (Lipinski definition) is 0. The van der Waals surface area contributed by atoms with Crippen LogP contribution in [0.4, 0.5) is 0 Å². The molecule has 13 heavy (non-hydrogen) atoms. The topological polar surface area (TPSA) is 6.48 Å². The average Bonchev–Trinajstić information content (AvgIpc) is 2.08. The zero-order valence-electron chi connectivity index (χ0n) is 10.4. The molecule has 0 rings (SSSR count). The predicted octanol–water partition coefficient (Wildman–Crippen LogP) is 1.79. The van der Waals surface area contributed by atoms with Gasteiger partial charge in [0.2, 0.25) is 0 Å². The minimum Gasteiger partial charge on any atom is -0.346 e. The van der Waals surface area contributed by atoms with E-state index in [1.165, 1.54) is 0 Å². The predicted molar refractivity (Wildman–Crippen MR) is 59.2 cm³/mol. The normalized spacial score (nSPS) is 7.85. The molecule has 0 saturated carbocycles. The van der Waals surface area contributed by atoms with E-state index in [4.69, 9.17) is 0 Å². The van der Waals surface area contributed by atoms with Gasteiger partial charge in [-0.05, 0) is 28.2 Å². The Morgan fingerprint density at radius 3 is 0.923 bits per heavy atom. The molecule has 0 heterocycles. The van der Waals surface area contributed by atoms with E-state index < -0.39 is 0 Å². The molecule has 0 aromatic carbocycles. The fraction of sp³-hybridized carbons (Fsp3) is 0.800. The van der Waals surface area contributed by atoms with Crippen molar-refractivity contribution in [2.75, 3.05) is 41.3 Å². The molecular weight excluding hydrogens is 214 g/mol. The number of hydrogen-bond acceptors (Lipinski definition) is 2. The van der Waals surface area contributed by atoms with E-state index in [-0.39, 0.29) is 19.5 Å². The quantitative estimate of drug-likeness (QED) is 0.547. The van der Waals surface area contributed by atoms with Crippen molar-refractivity contribution in [2.45, 2.75) is 13.8 Å². The molecule has 0 aliphatic rings. The van der Waals surface area contributed by atoms with Crippen molar-refractivity contribution >= 4 is 0 Å². The molecule has 0 bridgehead atoms. The Hall–Kier alpha value is 0.543. The van der Waals surface area contributed by atoms with Gasteiger partial charge in [-0.2, -0.15) is 13.8 Å². The molecule has 78 valence electrons. The fourth-order valence-corrected chi connectivity index (χ4v) is 0.400. The first-order valence-electron chi connectivity index (χ1n) is 4.34. The third-order valence-electron chi connectivity index (χ3n) is 0.994. The molecular formula is C10H26N2Zn. The van der Waals surface area contributed by atoms with Crippen LogP contribution in [0.25, 0.3) is 0 Å². The molecule has 0 saturated heterocycles. The number of rotatable bonds is 3. The van der Waals surface area contributed by atoms with Gasteiger partial charge < -0.3 is 23.6 Å². The monoisotopic (exact) mass is 238 g/mol. The van der Waals surface area contributed by atoms with Gasteiger partial charge in [0.15, 0.2) is 0 Å². The van der Waals surface area contributed by atoms with Gasteiger partial charge in [0.25, 0.3) is 0 Å². The molecule has 0 N–H and O–H groups in total. The molecule has 2 nitrogen and oxygen atoms in total. The van der Waals surface area contributed by atoms with Crippen LogP contribution in [-0.4, -0.2) is 51.1 Å². The first kappa shape index (κ1) is 23.4. The fourth-order valence-electron chi connectivity index (χ4n) is 0.400. The first-order chi connectivity index (χ1) is 5.63. The minimum atomic E-state index is 0. The van der Waals surface area contributed by atoms with Crippen LogP contribution in [0.2, 0.25) is 0 Å². The van der Waals surface area contributed by atoms with E-state index >= 15 is 0 Å². The van der Waals surface area contributed by atoms with Gasteiger partial charge in [0.1, 0.15) is 0 Å². The third-order valence-corrected chi connectivity index (χ3v) is 0.994. The Kier molecular flexibility index (Phi) is 41.2. The van der Waals surface area contributed by atoms with Crippen molar-refractivity contribution in [3.63, 3.8) is 0 Å². The van der Waals surface area contributed by atoms with Gasteiger partial charge in [-0.1, -0.05) is 0 Å². The summed E-state index contributed by atoms with van der Waals surface area (Å²) in [4.78, 5) is 4.36. The van der Waals surface area contributed by atoms with Crippen LogP contribution in [-0.2, 0) is 19.5 Å². The van der Waals surface area contributed by atoms with Gasteiger partial charge in [0, 0.05) is 13.1 Å². The number of likely N-dealkylation sites (N-methyl/N-ethyl adjacent to an activating group) is 2. The summed E-state index contributed by atoms with van der Waals surface area (Å²) in [6.45, 7) is 12.3. The van der Waals surface area contributed by atoms with Crippen LogP contribution < -0.4 is 0 Å². The summed E-state index contributed by atoms with van der Waals surface area (Å²) in [6, 6.07) is 0. The van der Waals surface area contributed by atoms with Crippen molar-refractivity contribution in [1.82, 2.24) is 9.80 Å². The smallest absolute Gasteiger partial charge is 0.346 e. The SMILES string of the molecule is CN(C)CCN(C)C.[CH2-]C.[CH2-]C.[Zn+2]. The Labute approximate surface area is 98.4 Å². The maximum absolute atomic E-state index is 3.25. The molecule has 0 amide bonds. The molecule has 0 fully saturated rings. The van der Waals surface area contributed by atoms with Crippen molar-refractivity contribution in [3.8, 4) is 0 Å². The van der Waals surface area contributed by atoms with Crippen LogP contribution in [0.5, 0.6) is 0 Å². The molecule has 0 aromatic rings. The van der Waals surface area contributed by atoms with Crippen molar-refractivity contribution in [2.24, 2.45) is 0 Å². The van der Waals surface area contributed by atoms with Gasteiger partial charge in [-0.25, -0.2) is 0 Å². The zero-order valence-corrected chi connectivity index (χ0v) is 13.4. The molecule has 0 unspecified atom stereocenters. The summed E-state index contributed by atoms with van der Waals surface area (Å²) >= 11 is 0. The molecule has 0 radical (unpaired) electrons. The number of nitrogens with zero attached hydrogens (tertiary/aromatic N) is 2. The second-order valence-corrected chi connectivity index (χ2v) is 2.61. The van der Waals surface area contributed by atoms with Gasteiger partial charge in [-0.15, -0.1) is 0 Å². The summed E-state index contributed by atoms with van der Waals surface area (Å²) < 4.78 is 0. The summed E-state index contributed by atoms with van der Waals surface area (Å²) in [5, 5.41) is 0. The van der Waals surface area contributed by atoms with Crippen LogP contribution in [0.15, 0.2) is 0 Å². The summed E-state index contributed by atoms with van der Waals surface area (Å²) in [7, 11) is 8.35. The molecule has 0 aliphatic heterocycles. The van der Waals surface area contributed by atoms with Crippen molar-refractivity contribution in [1.29, 1.82) is 0 Å². The van der Waals surface area contributed by atoms with Gasteiger partial charge in [0.05, 0.1) is 0 Å². The van der Waals surface area contributed by atoms with E-state index in [1.54, 1.807) is 13.8 Å². The Balaban J connectivity index is -0.0000000712. The van der Waals surface area contributed by atoms with Crippen molar-refractivity contribution < 1.29 is 19.5 Å². The van der Waals surface area contributed by atoms with Gasteiger partial charge in [-0.3, -0.25) is 0 Å². The van der Waals surface area contributed by atoms with Crippen LogP contribution in [0.3, 0.4) is 0 Å². The molecule has 0 spiro atoms. The molecule has 0 atom stereocenters. The maximum atomic E-state index is 3.25. The van der Waals surface area contributed by atoms with E-state index in [0.717, 1.165) is 13.1 Å². The second-order valence-electron chi connectivity index (χ2n) is 2.61. The summed E-state index contributed by atoms with van der Waals surface area (Å²) in [5.41, 5.74) is 0.